The quantitative estimate of drug-likeness (QED) is 0.386. The van der Waals surface area contributed by atoms with Crippen LogP contribution in [0.5, 0.6) is 0 Å². The van der Waals surface area contributed by atoms with Crippen LogP contribution >= 0.6 is 16.5 Å². The van der Waals surface area contributed by atoms with Gasteiger partial charge < -0.3 is 25.3 Å². The fraction of sp³-hybridized carbons (Fsp3) is 0. The molecule has 0 aromatic carbocycles. The Morgan fingerprint density at radius 3 is 1.60 bits per heavy atom. The number of hydrogen-bond donors (Lipinski definition) is 5. The normalized spacial score (nSPS) is 8.67. The number of nitrogens with two attached hydrogens (primary N) is 1. The Hall–Kier alpha value is -0.750. The van der Waals surface area contributed by atoms with E-state index in [0.717, 1.165) is 0 Å². The van der Waals surface area contributed by atoms with E-state index in [1.807, 2.05) is 12.1 Å². The Morgan fingerprint density at radius 1 is 1.07 bits per heavy atom. The summed E-state index contributed by atoms with van der Waals surface area (Å²) in [6, 6.07) is 5.43. The third-order valence-corrected chi connectivity index (χ3v) is 0.688. The SMILES string of the molecule is Nc1ccccn1.O=[PH](O)O.O=[PH](O)O. The van der Waals surface area contributed by atoms with Crippen LogP contribution in [0, 0.1) is 0 Å². The minimum atomic E-state index is -3.13. The molecule has 88 valence electrons. The molecule has 1 aromatic heterocycles. The lowest BCUT2D eigenvalue weighted by Gasteiger charge is -1.82. The minimum Gasteiger partial charge on any atom is -0.384 e. The summed E-state index contributed by atoms with van der Waals surface area (Å²) in [7, 11) is -6.26. The van der Waals surface area contributed by atoms with Gasteiger partial charge in [0.15, 0.2) is 0 Å². The Balaban J connectivity index is 0. The van der Waals surface area contributed by atoms with Crippen LogP contribution in [0.1, 0.15) is 0 Å². The summed E-state index contributed by atoms with van der Waals surface area (Å²) >= 11 is 0. The summed E-state index contributed by atoms with van der Waals surface area (Å²) in [6.07, 6.45) is 1.66. The predicted molar refractivity (Wildman–Crippen MR) is 55.5 cm³/mol. The van der Waals surface area contributed by atoms with Crippen LogP contribution in [-0.4, -0.2) is 24.6 Å². The smallest absolute Gasteiger partial charge is 0.314 e. The van der Waals surface area contributed by atoms with Crippen molar-refractivity contribution in [3.63, 3.8) is 0 Å². The first kappa shape index (κ1) is 16.7. The van der Waals surface area contributed by atoms with Crippen LogP contribution in [0.15, 0.2) is 24.4 Å². The molecule has 0 saturated carbocycles. The van der Waals surface area contributed by atoms with Gasteiger partial charge in [0.05, 0.1) is 0 Å². The Kier molecular flexibility index (Phi) is 12.6. The molecule has 1 aromatic rings. The first-order valence-corrected chi connectivity index (χ1v) is 5.97. The molecule has 15 heavy (non-hydrogen) atoms. The van der Waals surface area contributed by atoms with Crippen molar-refractivity contribution in [2.45, 2.75) is 0 Å². The number of nitrogen functional groups attached to an aromatic ring is 1. The molecule has 0 amide bonds. The van der Waals surface area contributed by atoms with E-state index in [9.17, 15) is 0 Å². The van der Waals surface area contributed by atoms with Gasteiger partial charge in [-0.3, -0.25) is 9.13 Å². The molecule has 0 unspecified atom stereocenters. The van der Waals surface area contributed by atoms with Gasteiger partial charge in [-0.1, -0.05) is 6.07 Å². The van der Waals surface area contributed by atoms with Gasteiger partial charge in [-0.25, -0.2) is 4.98 Å². The largest absolute Gasteiger partial charge is 0.384 e. The number of pyridine rings is 1. The van der Waals surface area contributed by atoms with E-state index in [2.05, 4.69) is 4.98 Å². The van der Waals surface area contributed by atoms with E-state index in [-0.39, 0.29) is 0 Å². The number of nitrogens with zero attached hydrogens (tertiary/aromatic N) is 1. The lowest BCUT2D eigenvalue weighted by atomic mass is 10.5. The minimum absolute atomic E-state index is 0.572. The van der Waals surface area contributed by atoms with E-state index in [4.69, 9.17) is 34.4 Å². The molecule has 6 N–H and O–H groups in total. The first-order valence-electron chi connectivity index (χ1n) is 3.36. The molecule has 0 aliphatic heterocycles. The third-order valence-electron chi connectivity index (χ3n) is 0.688. The maximum atomic E-state index is 8.74. The Labute approximate surface area is 86.9 Å². The van der Waals surface area contributed by atoms with Crippen molar-refractivity contribution in [1.82, 2.24) is 4.98 Å². The maximum Gasteiger partial charge on any atom is 0.314 e. The Bertz CT molecular complexity index is 275. The van der Waals surface area contributed by atoms with Crippen LogP contribution in [0.25, 0.3) is 0 Å². The van der Waals surface area contributed by atoms with Gasteiger partial charge in [-0.2, -0.15) is 0 Å². The van der Waals surface area contributed by atoms with Crippen molar-refractivity contribution in [3.8, 4) is 0 Å². The summed E-state index contributed by atoms with van der Waals surface area (Å²) in [4.78, 5) is 32.4. The average molecular weight is 258 g/mol. The molecule has 8 nitrogen and oxygen atoms in total. The number of rotatable bonds is 0. The van der Waals surface area contributed by atoms with Crippen molar-refractivity contribution >= 4 is 22.3 Å². The monoisotopic (exact) mass is 258 g/mol. The first-order chi connectivity index (χ1) is 6.86. The van der Waals surface area contributed by atoms with E-state index >= 15 is 0 Å². The van der Waals surface area contributed by atoms with E-state index in [1.165, 1.54) is 0 Å². The molecule has 10 heteroatoms. The highest BCUT2D eigenvalue weighted by molar-refractivity contribution is 7.31. The zero-order chi connectivity index (χ0) is 12.3. The molecule has 0 aliphatic carbocycles. The highest BCUT2D eigenvalue weighted by Crippen LogP contribution is 1.98. The summed E-state index contributed by atoms with van der Waals surface area (Å²) in [5.74, 6) is 0.572. The van der Waals surface area contributed by atoms with Gasteiger partial charge in [0.2, 0.25) is 0 Å². The van der Waals surface area contributed by atoms with Crippen LogP contribution in [0.4, 0.5) is 5.82 Å². The molecule has 0 radical (unpaired) electrons. The van der Waals surface area contributed by atoms with Crippen LogP contribution in [0.2, 0.25) is 0 Å². The van der Waals surface area contributed by atoms with Gasteiger partial charge >= 0.3 is 16.5 Å². The maximum absolute atomic E-state index is 8.74. The van der Waals surface area contributed by atoms with Crippen molar-refractivity contribution in [2.75, 3.05) is 5.73 Å². The molecule has 0 atom stereocenters. The second-order valence-electron chi connectivity index (χ2n) is 1.82. The molecule has 0 saturated heterocycles. The van der Waals surface area contributed by atoms with Gasteiger partial charge in [-0.15, -0.1) is 0 Å². The topological polar surface area (TPSA) is 154 Å². The molecule has 0 spiro atoms. The zero-order valence-electron chi connectivity index (χ0n) is 7.44. The Morgan fingerprint density at radius 2 is 1.47 bits per heavy atom. The highest BCUT2D eigenvalue weighted by Gasteiger charge is 1.73. The molecule has 0 aliphatic rings. The number of anilines is 1. The van der Waals surface area contributed by atoms with Gasteiger partial charge in [0, 0.05) is 6.20 Å². The second kappa shape index (κ2) is 11.3. The van der Waals surface area contributed by atoms with Crippen LogP contribution in [-0.2, 0) is 9.13 Å². The predicted octanol–water partition coefficient (Wildman–Crippen LogP) is -0.615. The lowest BCUT2D eigenvalue weighted by molar-refractivity contribution is 0.403. The highest BCUT2D eigenvalue weighted by atomic mass is 31.1. The molecule has 1 heterocycles. The van der Waals surface area contributed by atoms with Gasteiger partial charge in [0.25, 0.3) is 0 Å². The van der Waals surface area contributed by atoms with Crippen LogP contribution < -0.4 is 5.73 Å². The zero-order valence-corrected chi connectivity index (χ0v) is 9.44. The average Bonchev–Trinajstić information content (AvgIpc) is 2.03. The van der Waals surface area contributed by atoms with Crippen molar-refractivity contribution < 1.29 is 28.7 Å². The second-order valence-corrected chi connectivity index (χ2v) is 2.95. The van der Waals surface area contributed by atoms with Crippen LogP contribution in [0.3, 0.4) is 0 Å². The van der Waals surface area contributed by atoms with Crippen molar-refractivity contribution in [2.24, 2.45) is 0 Å². The number of aromatic nitrogens is 1. The standard InChI is InChI=1S/C5H6N2.2H3O3P/c6-5-3-1-2-4-7-5;2*1-4(2)3/h1-4H,(H2,6,7);2*4H,(H2,1,2,3). The molecular formula is C5H12N2O6P2. The van der Waals surface area contributed by atoms with E-state index in [0.29, 0.717) is 5.82 Å². The fourth-order valence-electron chi connectivity index (χ4n) is 0.376. The fourth-order valence-corrected chi connectivity index (χ4v) is 0.376. The third kappa shape index (κ3) is 31.9. The summed E-state index contributed by atoms with van der Waals surface area (Å²) in [5, 5.41) is 0. The van der Waals surface area contributed by atoms with Crippen molar-refractivity contribution in [3.05, 3.63) is 24.4 Å². The summed E-state index contributed by atoms with van der Waals surface area (Å²) < 4.78 is 17.5. The number of hydrogen-bond acceptors (Lipinski definition) is 4. The van der Waals surface area contributed by atoms with Crippen molar-refractivity contribution in [1.29, 1.82) is 0 Å². The lowest BCUT2D eigenvalue weighted by Crippen LogP contribution is -1.85. The van der Waals surface area contributed by atoms with E-state index < -0.39 is 16.5 Å². The summed E-state index contributed by atoms with van der Waals surface area (Å²) in [6.45, 7) is 0. The molecule has 0 fully saturated rings. The molecule has 1 rings (SSSR count). The summed E-state index contributed by atoms with van der Waals surface area (Å²) in [5.41, 5.74) is 5.25. The molecular weight excluding hydrogens is 246 g/mol. The van der Waals surface area contributed by atoms with Gasteiger partial charge in [0.1, 0.15) is 5.82 Å². The van der Waals surface area contributed by atoms with Gasteiger partial charge in [-0.05, 0) is 12.1 Å². The molecule has 0 bridgehead atoms. The van der Waals surface area contributed by atoms with E-state index in [1.54, 1.807) is 12.3 Å².